The van der Waals surface area contributed by atoms with E-state index in [9.17, 15) is 9.59 Å². The zero-order valence-corrected chi connectivity index (χ0v) is 21.3. The van der Waals surface area contributed by atoms with E-state index in [0.29, 0.717) is 18.6 Å². The molecule has 1 aliphatic heterocycles. The lowest BCUT2D eigenvalue weighted by molar-refractivity contribution is -0.138. The Morgan fingerprint density at radius 3 is 2.61 bits per heavy atom. The van der Waals surface area contributed by atoms with Crippen molar-refractivity contribution in [3.8, 4) is 0 Å². The predicted octanol–water partition coefficient (Wildman–Crippen LogP) is 6.35. The number of thiophene rings is 1. The molecular weight excluding hydrogens is 450 g/mol. The Bertz CT molecular complexity index is 1110. The Morgan fingerprint density at radius 1 is 1.18 bits per heavy atom. The molecular formula is C27H31NO3S2. The average molecular weight is 482 g/mol. The van der Waals surface area contributed by atoms with Gasteiger partial charge in [0, 0.05) is 28.3 Å². The van der Waals surface area contributed by atoms with E-state index in [2.05, 4.69) is 37.4 Å². The van der Waals surface area contributed by atoms with Gasteiger partial charge in [0.2, 0.25) is 0 Å². The Labute approximate surface area is 204 Å². The third-order valence-corrected chi connectivity index (χ3v) is 8.78. The van der Waals surface area contributed by atoms with Crippen LogP contribution < -0.4 is 5.32 Å². The highest BCUT2D eigenvalue weighted by Gasteiger charge is 2.42. The fraction of sp³-hybridized carbons (Fsp3) is 0.407. The third-order valence-electron chi connectivity index (χ3n) is 6.30. The van der Waals surface area contributed by atoms with Crippen LogP contribution in [0.2, 0.25) is 0 Å². The summed E-state index contributed by atoms with van der Waals surface area (Å²) in [6.45, 7) is 8.33. The minimum absolute atomic E-state index is 0.119. The van der Waals surface area contributed by atoms with Gasteiger partial charge < -0.3 is 10.1 Å². The molecule has 2 aromatic rings. The van der Waals surface area contributed by atoms with Gasteiger partial charge in [-0.3, -0.25) is 4.79 Å². The van der Waals surface area contributed by atoms with Gasteiger partial charge in [0.1, 0.15) is 0 Å². The summed E-state index contributed by atoms with van der Waals surface area (Å²) < 4.78 is 6.66. The van der Waals surface area contributed by atoms with Gasteiger partial charge in [-0.05, 0) is 55.6 Å². The van der Waals surface area contributed by atoms with E-state index in [1.807, 2.05) is 32.0 Å². The molecule has 1 aromatic carbocycles. The second-order valence-corrected chi connectivity index (χ2v) is 11.1. The lowest BCUT2D eigenvalue weighted by Crippen LogP contribution is -2.36. The van der Waals surface area contributed by atoms with E-state index in [-0.39, 0.29) is 23.6 Å². The normalized spacial score (nSPS) is 20.5. The van der Waals surface area contributed by atoms with Crippen LogP contribution in [0, 0.1) is 0 Å². The first-order valence-electron chi connectivity index (χ1n) is 11.7. The Kier molecular flexibility index (Phi) is 7.45. The number of hydrogen-bond donors (Lipinski definition) is 1. The third kappa shape index (κ3) is 4.69. The van der Waals surface area contributed by atoms with Gasteiger partial charge in [0.05, 0.1) is 22.3 Å². The van der Waals surface area contributed by atoms with Crippen LogP contribution in [0.5, 0.6) is 0 Å². The second-order valence-electron chi connectivity index (χ2n) is 8.39. The molecule has 0 amide bonds. The van der Waals surface area contributed by atoms with Gasteiger partial charge in [0.25, 0.3) is 0 Å². The zero-order chi connectivity index (χ0) is 23.5. The lowest BCUT2D eigenvalue weighted by Gasteiger charge is -2.36. The van der Waals surface area contributed by atoms with Crippen LogP contribution in [0.4, 0.5) is 0 Å². The van der Waals surface area contributed by atoms with Crippen LogP contribution >= 0.6 is 23.1 Å². The van der Waals surface area contributed by atoms with Crippen molar-refractivity contribution < 1.29 is 14.3 Å². The topological polar surface area (TPSA) is 55.4 Å². The number of allylic oxidation sites excluding steroid dienone is 3. The molecule has 0 radical (unpaired) electrons. The summed E-state index contributed by atoms with van der Waals surface area (Å²) in [5.41, 5.74) is 5.31. The summed E-state index contributed by atoms with van der Waals surface area (Å²) in [5.74, 6) is 0.479. The molecule has 6 heteroatoms. The van der Waals surface area contributed by atoms with Gasteiger partial charge in [-0.1, -0.05) is 44.2 Å². The number of ether oxygens (including phenoxy) is 1. The van der Waals surface area contributed by atoms with E-state index >= 15 is 0 Å². The Balaban J connectivity index is 1.85. The number of carbonyl (C=O) groups is 2. The van der Waals surface area contributed by atoms with E-state index in [0.717, 1.165) is 41.1 Å². The van der Waals surface area contributed by atoms with E-state index in [1.54, 1.807) is 23.1 Å². The Morgan fingerprint density at radius 2 is 1.94 bits per heavy atom. The summed E-state index contributed by atoms with van der Waals surface area (Å²) >= 11 is 3.57. The molecule has 4 nitrogen and oxygen atoms in total. The SMILES string of the molecule is CCOC(=O)C1=C(C)NC2=C(C(=O)C[C@H](c3ccccc3)C2)[C@@H]1c1cc(CC)sc1SCC. The minimum atomic E-state index is -0.380. The summed E-state index contributed by atoms with van der Waals surface area (Å²) in [5, 5.41) is 3.44. The molecule has 0 fully saturated rings. The van der Waals surface area contributed by atoms with Crippen molar-refractivity contribution in [2.45, 2.75) is 63.0 Å². The summed E-state index contributed by atoms with van der Waals surface area (Å²) in [6.07, 6.45) is 2.15. The van der Waals surface area contributed by atoms with Crippen molar-refractivity contribution in [2.24, 2.45) is 0 Å². The van der Waals surface area contributed by atoms with Gasteiger partial charge in [-0.25, -0.2) is 4.79 Å². The number of thioether (sulfide) groups is 1. The van der Waals surface area contributed by atoms with E-state index < -0.39 is 0 Å². The van der Waals surface area contributed by atoms with Crippen LogP contribution in [-0.4, -0.2) is 24.1 Å². The number of ketones is 1. The highest BCUT2D eigenvalue weighted by Crippen LogP contribution is 2.49. The largest absolute Gasteiger partial charge is 0.463 e. The summed E-state index contributed by atoms with van der Waals surface area (Å²) in [7, 11) is 0. The number of nitrogens with one attached hydrogen (secondary N) is 1. The van der Waals surface area contributed by atoms with Crippen molar-refractivity contribution in [2.75, 3.05) is 12.4 Å². The number of esters is 1. The zero-order valence-electron chi connectivity index (χ0n) is 19.7. The van der Waals surface area contributed by atoms with Crippen molar-refractivity contribution in [1.82, 2.24) is 5.32 Å². The van der Waals surface area contributed by atoms with Gasteiger partial charge in [0.15, 0.2) is 5.78 Å². The van der Waals surface area contributed by atoms with Crippen LogP contribution in [0.25, 0.3) is 0 Å². The van der Waals surface area contributed by atoms with E-state index in [4.69, 9.17) is 4.74 Å². The monoisotopic (exact) mass is 481 g/mol. The molecule has 0 spiro atoms. The molecule has 2 atom stereocenters. The highest BCUT2D eigenvalue weighted by molar-refractivity contribution is 8.01. The first-order valence-corrected chi connectivity index (χ1v) is 13.5. The van der Waals surface area contributed by atoms with E-state index in [1.165, 1.54) is 14.6 Å². The maximum absolute atomic E-state index is 13.7. The quantitative estimate of drug-likeness (QED) is 0.369. The fourth-order valence-electron chi connectivity index (χ4n) is 4.85. The van der Waals surface area contributed by atoms with Crippen molar-refractivity contribution in [1.29, 1.82) is 0 Å². The average Bonchev–Trinajstić information content (AvgIpc) is 3.21. The molecule has 33 heavy (non-hydrogen) atoms. The standard InChI is InChI=1S/C27H31NO3S2/c1-5-19-15-20(27(33-19)32-7-3)24-23(26(30)31-6-2)16(4)28-21-13-18(14-22(29)25(21)24)17-11-9-8-10-12-17/h8-12,15,18,24,28H,5-7,13-14H2,1-4H3/t18-,24-/m1/s1. The number of aryl methyl sites for hydroxylation is 1. The number of hydrogen-bond acceptors (Lipinski definition) is 6. The summed E-state index contributed by atoms with van der Waals surface area (Å²) in [6, 6.07) is 12.4. The van der Waals surface area contributed by atoms with Gasteiger partial charge in [-0.15, -0.1) is 23.1 Å². The van der Waals surface area contributed by atoms with Gasteiger partial charge >= 0.3 is 5.97 Å². The Hall–Kier alpha value is -2.31. The first-order chi connectivity index (χ1) is 16.0. The number of dihydropyridines is 1. The predicted molar refractivity (Wildman–Crippen MR) is 136 cm³/mol. The minimum Gasteiger partial charge on any atom is -0.463 e. The molecule has 0 saturated heterocycles. The smallest absolute Gasteiger partial charge is 0.336 e. The van der Waals surface area contributed by atoms with Crippen LogP contribution in [0.15, 0.2) is 63.1 Å². The van der Waals surface area contributed by atoms with Crippen molar-refractivity contribution in [3.63, 3.8) is 0 Å². The van der Waals surface area contributed by atoms with Crippen LogP contribution in [0.3, 0.4) is 0 Å². The molecule has 1 aromatic heterocycles. The van der Waals surface area contributed by atoms with Crippen molar-refractivity contribution >= 4 is 34.9 Å². The summed E-state index contributed by atoms with van der Waals surface area (Å²) in [4.78, 5) is 28.1. The lowest BCUT2D eigenvalue weighted by atomic mass is 9.72. The number of rotatable bonds is 7. The number of carbonyl (C=O) groups excluding carboxylic acids is 2. The molecule has 1 N–H and O–H groups in total. The van der Waals surface area contributed by atoms with Crippen LogP contribution in [0.1, 0.15) is 68.4 Å². The number of Topliss-reactive ketones (excluding diaryl/α,β-unsaturated/α-hetero) is 1. The molecule has 1 aliphatic carbocycles. The molecule has 0 bridgehead atoms. The first kappa shape index (κ1) is 23.8. The van der Waals surface area contributed by atoms with Crippen molar-refractivity contribution in [3.05, 3.63) is 74.9 Å². The maximum atomic E-state index is 13.7. The maximum Gasteiger partial charge on any atom is 0.336 e. The molecule has 0 unspecified atom stereocenters. The molecule has 4 rings (SSSR count). The number of benzene rings is 1. The molecule has 2 aliphatic rings. The highest BCUT2D eigenvalue weighted by atomic mass is 32.2. The van der Waals surface area contributed by atoms with Gasteiger partial charge in [-0.2, -0.15) is 0 Å². The van der Waals surface area contributed by atoms with Crippen LogP contribution in [-0.2, 0) is 20.7 Å². The molecule has 174 valence electrons. The second kappa shape index (κ2) is 10.3. The fourth-order valence-corrected chi connectivity index (χ4v) is 7.23. The molecule has 0 saturated carbocycles. The molecule has 2 heterocycles.